The van der Waals surface area contributed by atoms with Crippen molar-refractivity contribution in [3.8, 4) is 11.3 Å². The first-order valence-electron chi connectivity index (χ1n) is 6.16. The lowest BCUT2D eigenvalue weighted by Crippen LogP contribution is -2.00. The van der Waals surface area contributed by atoms with Crippen LogP contribution in [-0.4, -0.2) is 9.97 Å². The van der Waals surface area contributed by atoms with E-state index in [1.165, 1.54) is 23.5 Å². The second-order valence-electron chi connectivity index (χ2n) is 4.22. The van der Waals surface area contributed by atoms with Crippen LogP contribution >= 0.6 is 11.3 Å². The second kappa shape index (κ2) is 5.79. The number of rotatable bonds is 4. The Morgan fingerprint density at radius 2 is 1.95 bits per heavy atom. The van der Waals surface area contributed by atoms with Gasteiger partial charge in [-0.2, -0.15) is 0 Å². The summed E-state index contributed by atoms with van der Waals surface area (Å²) in [5.74, 6) is -0.238. The number of halogens is 1. The summed E-state index contributed by atoms with van der Waals surface area (Å²) < 4.78 is 12.9. The van der Waals surface area contributed by atoms with Crippen LogP contribution in [-0.2, 0) is 6.54 Å². The SMILES string of the molecule is Fc1ccc(-c2csc(NCc3ccccn3)n2)cc1. The molecule has 0 saturated heterocycles. The number of anilines is 1. The molecule has 0 aliphatic heterocycles. The standard InChI is InChI=1S/C15H12FN3S/c16-12-6-4-11(5-7-12)14-10-20-15(19-14)18-9-13-3-1-2-8-17-13/h1-8,10H,9H2,(H,18,19). The van der Waals surface area contributed by atoms with Crippen molar-refractivity contribution in [1.82, 2.24) is 9.97 Å². The Morgan fingerprint density at radius 3 is 2.70 bits per heavy atom. The zero-order valence-corrected chi connectivity index (χ0v) is 11.4. The van der Waals surface area contributed by atoms with Crippen LogP contribution in [0.25, 0.3) is 11.3 Å². The molecular weight excluding hydrogens is 273 g/mol. The summed E-state index contributed by atoms with van der Waals surface area (Å²) in [5.41, 5.74) is 2.72. The minimum Gasteiger partial charge on any atom is -0.356 e. The van der Waals surface area contributed by atoms with E-state index in [2.05, 4.69) is 15.3 Å². The first kappa shape index (κ1) is 12.7. The average Bonchev–Trinajstić information content (AvgIpc) is 2.96. The van der Waals surface area contributed by atoms with Crippen molar-refractivity contribution >= 4 is 16.5 Å². The summed E-state index contributed by atoms with van der Waals surface area (Å²) in [5, 5.41) is 6.01. The fourth-order valence-corrected chi connectivity index (χ4v) is 2.50. The number of hydrogen-bond acceptors (Lipinski definition) is 4. The van der Waals surface area contributed by atoms with Gasteiger partial charge in [0.2, 0.25) is 0 Å². The van der Waals surface area contributed by atoms with Crippen LogP contribution in [0.2, 0.25) is 0 Å². The van der Waals surface area contributed by atoms with E-state index in [0.717, 1.165) is 22.1 Å². The first-order valence-corrected chi connectivity index (χ1v) is 7.04. The van der Waals surface area contributed by atoms with E-state index < -0.39 is 0 Å². The van der Waals surface area contributed by atoms with Crippen LogP contribution in [0, 0.1) is 5.82 Å². The number of thiazole rings is 1. The molecule has 3 aromatic rings. The molecule has 0 saturated carbocycles. The number of hydrogen-bond donors (Lipinski definition) is 1. The third-order valence-corrected chi connectivity index (χ3v) is 3.59. The van der Waals surface area contributed by atoms with Gasteiger partial charge in [0, 0.05) is 17.1 Å². The lowest BCUT2D eigenvalue weighted by atomic mass is 10.2. The van der Waals surface area contributed by atoms with Crippen molar-refractivity contribution in [2.45, 2.75) is 6.54 Å². The van der Waals surface area contributed by atoms with Gasteiger partial charge in [-0.05, 0) is 36.4 Å². The van der Waals surface area contributed by atoms with Crippen molar-refractivity contribution in [1.29, 1.82) is 0 Å². The summed E-state index contributed by atoms with van der Waals surface area (Å²) in [6, 6.07) is 12.1. The normalized spacial score (nSPS) is 10.4. The Labute approximate surface area is 120 Å². The monoisotopic (exact) mass is 285 g/mol. The highest BCUT2D eigenvalue weighted by Gasteiger charge is 2.04. The van der Waals surface area contributed by atoms with Crippen LogP contribution in [0.3, 0.4) is 0 Å². The predicted molar refractivity (Wildman–Crippen MR) is 79.1 cm³/mol. The van der Waals surface area contributed by atoms with Crippen LogP contribution in [0.5, 0.6) is 0 Å². The van der Waals surface area contributed by atoms with Crippen LogP contribution in [0.1, 0.15) is 5.69 Å². The van der Waals surface area contributed by atoms with Gasteiger partial charge < -0.3 is 5.32 Å². The summed E-state index contributed by atoms with van der Waals surface area (Å²) in [7, 11) is 0. The second-order valence-corrected chi connectivity index (χ2v) is 5.08. The third-order valence-electron chi connectivity index (χ3n) is 2.79. The molecule has 0 spiro atoms. The number of benzene rings is 1. The summed E-state index contributed by atoms with van der Waals surface area (Å²) in [4.78, 5) is 8.72. The Bertz CT molecular complexity index is 680. The van der Waals surface area contributed by atoms with E-state index in [1.54, 1.807) is 18.3 Å². The average molecular weight is 285 g/mol. The molecule has 3 rings (SSSR count). The fraction of sp³-hybridized carbons (Fsp3) is 0.0667. The lowest BCUT2D eigenvalue weighted by molar-refractivity contribution is 0.628. The zero-order chi connectivity index (χ0) is 13.8. The van der Waals surface area contributed by atoms with Crippen molar-refractivity contribution < 1.29 is 4.39 Å². The third kappa shape index (κ3) is 3.00. The molecule has 100 valence electrons. The molecule has 0 aliphatic carbocycles. The summed E-state index contributed by atoms with van der Waals surface area (Å²) in [6.07, 6.45) is 1.77. The van der Waals surface area contributed by atoms with E-state index >= 15 is 0 Å². The maximum Gasteiger partial charge on any atom is 0.183 e. The number of aromatic nitrogens is 2. The molecule has 0 radical (unpaired) electrons. The van der Waals surface area contributed by atoms with Crippen molar-refractivity contribution in [3.63, 3.8) is 0 Å². The molecule has 1 N–H and O–H groups in total. The van der Waals surface area contributed by atoms with Crippen LogP contribution < -0.4 is 5.32 Å². The number of nitrogens with one attached hydrogen (secondary N) is 1. The van der Waals surface area contributed by atoms with Gasteiger partial charge in [-0.3, -0.25) is 4.98 Å². The molecule has 0 amide bonds. The Hall–Kier alpha value is -2.27. The van der Waals surface area contributed by atoms with Crippen molar-refractivity contribution in [3.05, 3.63) is 65.6 Å². The molecule has 2 heterocycles. The van der Waals surface area contributed by atoms with Gasteiger partial charge in [0.1, 0.15) is 5.82 Å². The summed E-state index contributed by atoms with van der Waals surface area (Å²) >= 11 is 1.52. The molecule has 0 atom stereocenters. The molecule has 5 heteroatoms. The van der Waals surface area contributed by atoms with Crippen molar-refractivity contribution in [2.75, 3.05) is 5.32 Å². The molecule has 1 aromatic carbocycles. The molecule has 0 unspecified atom stereocenters. The maximum absolute atomic E-state index is 12.9. The highest BCUT2D eigenvalue weighted by atomic mass is 32.1. The maximum atomic E-state index is 12.9. The Kier molecular flexibility index (Phi) is 3.69. The Morgan fingerprint density at radius 1 is 1.10 bits per heavy atom. The van der Waals surface area contributed by atoms with Crippen molar-refractivity contribution in [2.24, 2.45) is 0 Å². The van der Waals surface area contributed by atoms with E-state index in [-0.39, 0.29) is 5.82 Å². The predicted octanol–water partition coefficient (Wildman–Crippen LogP) is 3.96. The molecular formula is C15H12FN3S. The Balaban J connectivity index is 1.69. The lowest BCUT2D eigenvalue weighted by Gasteiger charge is -2.01. The van der Waals surface area contributed by atoms with Crippen LogP contribution in [0.15, 0.2) is 54.0 Å². The van der Waals surface area contributed by atoms with E-state index in [1.807, 2.05) is 23.6 Å². The topological polar surface area (TPSA) is 37.8 Å². The van der Waals surface area contributed by atoms with E-state index in [0.29, 0.717) is 6.54 Å². The summed E-state index contributed by atoms with van der Waals surface area (Å²) in [6.45, 7) is 0.636. The van der Waals surface area contributed by atoms with Gasteiger partial charge in [-0.15, -0.1) is 11.3 Å². The number of nitrogens with zero attached hydrogens (tertiary/aromatic N) is 2. The van der Waals surface area contributed by atoms with Gasteiger partial charge in [0.05, 0.1) is 17.9 Å². The highest BCUT2D eigenvalue weighted by molar-refractivity contribution is 7.14. The largest absolute Gasteiger partial charge is 0.356 e. The molecule has 20 heavy (non-hydrogen) atoms. The molecule has 2 aromatic heterocycles. The molecule has 0 aliphatic rings. The zero-order valence-electron chi connectivity index (χ0n) is 10.6. The molecule has 0 fully saturated rings. The quantitative estimate of drug-likeness (QED) is 0.788. The van der Waals surface area contributed by atoms with Gasteiger partial charge in [-0.25, -0.2) is 9.37 Å². The fourth-order valence-electron chi connectivity index (χ4n) is 1.78. The van der Waals surface area contributed by atoms with Gasteiger partial charge >= 0.3 is 0 Å². The number of pyridine rings is 1. The van der Waals surface area contributed by atoms with E-state index in [9.17, 15) is 4.39 Å². The highest BCUT2D eigenvalue weighted by Crippen LogP contribution is 2.25. The first-order chi connectivity index (χ1) is 9.81. The van der Waals surface area contributed by atoms with Crippen LogP contribution in [0.4, 0.5) is 9.52 Å². The van der Waals surface area contributed by atoms with Gasteiger partial charge in [-0.1, -0.05) is 6.07 Å². The van der Waals surface area contributed by atoms with E-state index in [4.69, 9.17) is 0 Å². The molecule has 0 bridgehead atoms. The van der Waals surface area contributed by atoms with Gasteiger partial charge in [0.15, 0.2) is 5.13 Å². The smallest absolute Gasteiger partial charge is 0.183 e. The minimum atomic E-state index is -0.238. The van der Waals surface area contributed by atoms with Gasteiger partial charge in [0.25, 0.3) is 0 Å². The minimum absolute atomic E-state index is 0.238. The molecule has 3 nitrogen and oxygen atoms in total.